The Labute approximate surface area is 115 Å². The van der Waals surface area contributed by atoms with Gasteiger partial charge in [-0.2, -0.15) is 0 Å². The summed E-state index contributed by atoms with van der Waals surface area (Å²) in [6.45, 7) is 5.02. The minimum atomic E-state index is 0.209. The molecule has 1 N–H and O–H groups in total. The van der Waals surface area contributed by atoms with Crippen LogP contribution in [0, 0.1) is 0 Å². The lowest BCUT2D eigenvalue weighted by Gasteiger charge is -2.33. The van der Waals surface area contributed by atoms with Crippen LogP contribution in [0.3, 0.4) is 0 Å². The van der Waals surface area contributed by atoms with Gasteiger partial charge in [-0.3, -0.25) is 4.79 Å². The van der Waals surface area contributed by atoms with Gasteiger partial charge in [-0.25, -0.2) is 0 Å². The Morgan fingerprint density at radius 2 is 2.21 bits per heavy atom. The molecule has 0 spiro atoms. The van der Waals surface area contributed by atoms with E-state index in [1.54, 1.807) is 0 Å². The molecule has 1 aromatic rings. The van der Waals surface area contributed by atoms with Crippen molar-refractivity contribution in [2.45, 2.75) is 45.2 Å². The molecule has 1 aromatic carbocycles. The van der Waals surface area contributed by atoms with Crippen molar-refractivity contribution in [1.82, 2.24) is 10.2 Å². The summed E-state index contributed by atoms with van der Waals surface area (Å²) < 4.78 is 0. The first-order valence-electron chi connectivity index (χ1n) is 7.39. The number of nitrogens with one attached hydrogen (secondary N) is 1. The number of carbonyl (C=O) groups is 1. The van der Waals surface area contributed by atoms with E-state index >= 15 is 0 Å². The number of likely N-dealkylation sites (tertiary alicyclic amines) is 1. The maximum Gasteiger partial charge on any atom is 0.254 e. The van der Waals surface area contributed by atoms with Gasteiger partial charge in [0.25, 0.3) is 5.91 Å². The van der Waals surface area contributed by atoms with Crippen LogP contribution in [-0.4, -0.2) is 29.9 Å². The van der Waals surface area contributed by atoms with E-state index in [0.29, 0.717) is 6.04 Å². The molecule has 0 aliphatic carbocycles. The molecule has 102 valence electrons. The van der Waals surface area contributed by atoms with Crippen LogP contribution in [0.15, 0.2) is 18.2 Å². The Morgan fingerprint density at radius 3 is 3.05 bits per heavy atom. The summed E-state index contributed by atoms with van der Waals surface area (Å²) in [7, 11) is 0. The Balaban J connectivity index is 1.83. The van der Waals surface area contributed by atoms with Crippen molar-refractivity contribution in [3.63, 3.8) is 0 Å². The highest BCUT2D eigenvalue weighted by Gasteiger charge is 2.24. The Kier molecular flexibility index (Phi) is 3.56. The highest BCUT2D eigenvalue weighted by Crippen LogP contribution is 2.21. The fraction of sp³-hybridized carbons (Fsp3) is 0.562. The Bertz CT molecular complexity index is 484. The highest BCUT2D eigenvalue weighted by atomic mass is 16.2. The van der Waals surface area contributed by atoms with Crippen LogP contribution in [0.5, 0.6) is 0 Å². The largest absolute Gasteiger partial charge is 0.336 e. The normalized spacial score (nSPS) is 23.0. The summed E-state index contributed by atoms with van der Waals surface area (Å²) in [5, 5.41) is 3.37. The van der Waals surface area contributed by atoms with Crippen LogP contribution < -0.4 is 5.32 Å². The van der Waals surface area contributed by atoms with Crippen LogP contribution in [-0.2, 0) is 13.0 Å². The SMILES string of the molecule is CC1CCCCN1C(=O)c1ccc2c(c1)CNCC2. The molecule has 1 unspecified atom stereocenters. The predicted molar refractivity (Wildman–Crippen MR) is 76.2 cm³/mol. The van der Waals surface area contributed by atoms with Gasteiger partial charge in [0, 0.05) is 24.7 Å². The zero-order valence-electron chi connectivity index (χ0n) is 11.6. The topological polar surface area (TPSA) is 32.3 Å². The fourth-order valence-corrected chi connectivity index (χ4v) is 3.18. The van der Waals surface area contributed by atoms with E-state index in [-0.39, 0.29) is 5.91 Å². The maximum atomic E-state index is 12.6. The molecule has 2 heterocycles. The second-order valence-electron chi connectivity index (χ2n) is 5.75. The van der Waals surface area contributed by atoms with Gasteiger partial charge in [0.2, 0.25) is 0 Å². The molecule has 3 nitrogen and oxygen atoms in total. The van der Waals surface area contributed by atoms with E-state index in [1.807, 2.05) is 11.0 Å². The quantitative estimate of drug-likeness (QED) is 0.838. The third-order valence-corrected chi connectivity index (χ3v) is 4.40. The number of fused-ring (bicyclic) bond motifs is 1. The molecule has 0 bridgehead atoms. The zero-order valence-corrected chi connectivity index (χ0v) is 11.6. The molecule has 0 radical (unpaired) electrons. The number of carbonyl (C=O) groups excluding carboxylic acids is 1. The summed E-state index contributed by atoms with van der Waals surface area (Å²) in [4.78, 5) is 14.6. The van der Waals surface area contributed by atoms with Crippen molar-refractivity contribution in [2.75, 3.05) is 13.1 Å². The second kappa shape index (κ2) is 5.33. The smallest absolute Gasteiger partial charge is 0.254 e. The van der Waals surface area contributed by atoms with Crippen molar-refractivity contribution in [3.05, 3.63) is 34.9 Å². The predicted octanol–water partition coefficient (Wildman–Crippen LogP) is 2.35. The third kappa shape index (κ3) is 2.52. The number of hydrogen-bond acceptors (Lipinski definition) is 2. The summed E-state index contributed by atoms with van der Waals surface area (Å²) in [5.74, 6) is 0.209. The van der Waals surface area contributed by atoms with Crippen LogP contribution in [0.2, 0.25) is 0 Å². The second-order valence-corrected chi connectivity index (χ2v) is 5.75. The van der Waals surface area contributed by atoms with Crippen molar-refractivity contribution in [2.24, 2.45) is 0 Å². The molecule has 1 atom stereocenters. The Morgan fingerprint density at radius 1 is 1.32 bits per heavy atom. The number of benzene rings is 1. The number of amides is 1. The zero-order chi connectivity index (χ0) is 13.2. The first-order chi connectivity index (χ1) is 9.25. The number of rotatable bonds is 1. The van der Waals surface area contributed by atoms with Gasteiger partial charge in [-0.05, 0) is 62.4 Å². The van der Waals surface area contributed by atoms with Crippen molar-refractivity contribution >= 4 is 5.91 Å². The molecular formula is C16H22N2O. The van der Waals surface area contributed by atoms with Gasteiger partial charge in [0.05, 0.1) is 0 Å². The van der Waals surface area contributed by atoms with Gasteiger partial charge >= 0.3 is 0 Å². The summed E-state index contributed by atoms with van der Waals surface area (Å²) in [5.41, 5.74) is 3.54. The average molecular weight is 258 g/mol. The van der Waals surface area contributed by atoms with Crippen molar-refractivity contribution < 1.29 is 4.79 Å². The molecular weight excluding hydrogens is 236 g/mol. The van der Waals surface area contributed by atoms with Gasteiger partial charge in [0.1, 0.15) is 0 Å². The molecule has 1 amide bonds. The van der Waals surface area contributed by atoms with Gasteiger partial charge in [0.15, 0.2) is 0 Å². The van der Waals surface area contributed by atoms with Gasteiger partial charge in [-0.1, -0.05) is 6.07 Å². The fourth-order valence-electron chi connectivity index (χ4n) is 3.18. The van der Waals surface area contributed by atoms with E-state index in [9.17, 15) is 4.79 Å². The monoisotopic (exact) mass is 258 g/mol. The van der Waals surface area contributed by atoms with Crippen LogP contribution in [0.25, 0.3) is 0 Å². The lowest BCUT2D eigenvalue weighted by atomic mass is 9.97. The third-order valence-electron chi connectivity index (χ3n) is 4.40. The minimum absolute atomic E-state index is 0.209. The molecule has 3 heteroatoms. The number of piperidine rings is 1. The van der Waals surface area contributed by atoms with Crippen LogP contribution in [0.4, 0.5) is 0 Å². The van der Waals surface area contributed by atoms with E-state index in [1.165, 1.54) is 17.5 Å². The summed E-state index contributed by atoms with van der Waals surface area (Å²) in [6.07, 6.45) is 4.60. The van der Waals surface area contributed by atoms with Gasteiger partial charge < -0.3 is 10.2 Å². The molecule has 1 fully saturated rings. The van der Waals surface area contributed by atoms with E-state index in [4.69, 9.17) is 0 Å². The van der Waals surface area contributed by atoms with Gasteiger partial charge in [-0.15, -0.1) is 0 Å². The number of hydrogen-bond donors (Lipinski definition) is 1. The van der Waals surface area contributed by atoms with E-state index in [0.717, 1.165) is 44.5 Å². The van der Waals surface area contributed by atoms with Crippen LogP contribution in [0.1, 0.15) is 47.7 Å². The Hall–Kier alpha value is -1.35. The van der Waals surface area contributed by atoms with Crippen LogP contribution >= 0.6 is 0 Å². The number of nitrogens with zero attached hydrogens (tertiary/aromatic N) is 1. The lowest BCUT2D eigenvalue weighted by molar-refractivity contribution is 0.0635. The lowest BCUT2D eigenvalue weighted by Crippen LogP contribution is -2.42. The maximum absolute atomic E-state index is 12.6. The molecule has 3 rings (SSSR count). The van der Waals surface area contributed by atoms with E-state index < -0.39 is 0 Å². The average Bonchev–Trinajstić information content (AvgIpc) is 2.46. The van der Waals surface area contributed by atoms with Crippen molar-refractivity contribution in [3.8, 4) is 0 Å². The minimum Gasteiger partial charge on any atom is -0.336 e. The highest BCUT2D eigenvalue weighted by molar-refractivity contribution is 5.94. The summed E-state index contributed by atoms with van der Waals surface area (Å²) >= 11 is 0. The molecule has 2 aliphatic heterocycles. The molecule has 2 aliphatic rings. The van der Waals surface area contributed by atoms with E-state index in [2.05, 4.69) is 24.4 Å². The summed E-state index contributed by atoms with van der Waals surface area (Å²) in [6, 6.07) is 6.62. The molecule has 1 saturated heterocycles. The first kappa shape index (κ1) is 12.7. The van der Waals surface area contributed by atoms with Crippen molar-refractivity contribution in [1.29, 1.82) is 0 Å². The molecule has 0 aromatic heterocycles. The first-order valence-corrected chi connectivity index (χ1v) is 7.39. The standard InChI is InChI=1S/C16H22N2O/c1-12-4-2-3-9-18(12)16(19)14-6-5-13-7-8-17-11-15(13)10-14/h5-6,10,12,17H,2-4,7-9,11H2,1H3. The molecule has 0 saturated carbocycles. The molecule has 19 heavy (non-hydrogen) atoms.